The number of nitrogens with zero attached hydrogens (tertiary/aromatic N) is 2. The van der Waals surface area contributed by atoms with Crippen molar-refractivity contribution >= 4 is 16.8 Å². The fourth-order valence-electron chi connectivity index (χ4n) is 3.74. The number of pyridine rings is 1. The zero-order chi connectivity index (χ0) is 23.2. The van der Waals surface area contributed by atoms with Gasteiger partial charge in [-0.25, -0.2) is 27.6 Å². The molecule has 2 heterocycles. The van der Waals surface area contributed by atoms with E-state index < -0.39 is 30.2 Å². The van der Waals surface area contributed by atoms with Crippen LogP contribution in [0.3, 0.4) is 0 Å². The topological polar surface area (TPSA) is 65.5 Å². The van der Waals surface area contributed by atoms with Gasteiger partial charge >= 0.3 is 0 Å². The molecule has 1 aliphatic heterocycles. The van der Waals surface area contributed by atoms with Crippen LogP contribution < -0.4 is 5.43 Å². The number of aryl methyl sites for hydroxylation is 2. The second-order valence-electron chi connectivity index (χ2n) is 7.63. The van der Waals surface area contributed by atoms with E-state index in [1.165, 1.54) is 6.07 Å². The predicted octanol–water partition coefficient (Wildman–Crippen LogP) is 4.58. The Morgan fingerprint density at radius 1 is 1.09 bits per heavy atom. The van der Waals surface area contributed by atoms with E-state index in [1.807, 2.05) is 37.5 Å². The number of carbonyl (C=O) groups excluding carboxylic acids is 1. The molecule has 166 valence electrons. The number of para-hydroxylation sites is 1. The molecule has 1 aromatic heterocycles. The van der Waals surface area contributed by atoms with Crippen LogP contribution in [0.2, 0.25) is 0 Å². The van der Waals surface area contributed by atoms with Gasteiger partial charge in [0.2, 0.25) is 5.72 Å². The van der Waals surface area contributed by atoms with E-state index in [0.717, 1.165) is 16.7 Å². The molecule has 32 heavy (non-hydrogen) atoms. The predicted molar refractivity (Wildman–Crippen MR) is 111 cm³/mol. The largest absolute Gasteiger partial charge is 0.361 e. The van der Waals surface area contributed by atoms with E-state index in [9.17, 15) is 27.5 Å². The Balaban J connectivity index is 1.88. The van der Waals surface area contributed by atoms with Crippen LogP contribution in [-0.4, -0.2) is 39.6 Å². The average Bonchev–Trinajstić information content (AvgIpc) is 3.12. The summed E-state index contributed by atoms with van der Waals surface area (Å²) in [6, 6.07) is 13.6. The first kappa shape index (κ1) is 21.8. The van der Waals surface area contributed by atoms with Gasteiger partial charge in [-0.3, -0.25) is 10.2 Å². The van der Waals surface area contributed by atoms with Gasteiger partial charge in [-0.15, -0.1) is 0 Å². The number of carbonyl (C=O) groups is 1. The van der Waals surface area contributed by atoms with Gasteiger partial charge in [0.05, 0.1) is 22.5 Å². The van der Waals surface area contributed by atoms with E-state index in [1.54, 1.807) is 24.3 Å². The molecule has 0 spiro atoms. The number of benzene rings is 2. The molecular formula is C23H19F4N3O2. The summed E-state index contributed by atoms with van der Waals surface area (Å²) in [4.78, 5) is 17.9. The van der Waals surface area contributed by atoms with Gasteiger partial charge in [0, 0.05) is 17.0 Å². The van der Waals surface area contributed by atoms with Crippen LogP contribution in [0.1, 0.15) is 21.5 Å². The zero-order valence-corrected chi connectivity index (χ0v) is 17.1. The molecule has 0 saturated carbocycles. The minimum atomic E-state index is -3.53. The van der Waals surface area contributed by atoms with Gasteiger partial charge in [0.25, 0.3) is 18.8 Å². The fourth-order valence-corrected chi connectivity index (χ4v) is 3.74. The lowest BCUT2D eigenvalue weighted by Gasteiger charge is -2.32. The molecule has 2 N–H and O–H groups in total. The second-order valence-corrected chi connectivity index (χ2v) is 7.63. The van der Waals surface area contributed by atoms with Crippen LogP contribution in [0.25, 0.3) is 22.2 Å². The average molecular weight is 445 g/mol. The summed E-state index contributed by atoms with van der Waals surface area (Å²) >= 11 is 0. The van der Waals surface area contributed by atoms with Crippen molar-refractivity contribution in [3.8, 4) is 11.3 Å². The Morgan fingerprint density at radius 2 is 1.81 bits per heavy atom. The summed E-state index contributed by atoms with van der Waals surface area (Å²) in [6.07, 6.45) is -6.44. The lowest BCUT2D eigenvalue weighted by atomic mass is 9.99. The Morgan fingerprint density at radius 3 is 2.47 bits per heavy atom. The van der Waals surface area contributed by atoms with Crippen molar-refractivity contribution in [1.82, 2.24) is 15.4 Å². The highest BCUT2D eigenvalue weighted by atomic mass is 19.3. The molecule has 9 heteroatoms. The number of hydrogen-bond acceptors (Lipinski definition) is 4. The van der Waals surface area contributed by atoms with Crippen molar-refractivity contribution in [2.45, 2.75) is 32.4 Å². The molecule has 0 aliphatic carbocycles. The van der Waals surface area contributed by atoms with Crippen LogP contribution in [-0.2, 0) is 0 Å². The van der Waals surface area contributed by atoms with Gasteiger partial charge < -0.3 is 5.11 Å². The third kappa shape index (κ3) is 3.58. The number of amides is 1. The molecule has 1 unspecified atom stereocenters. The maximum absolute atomic E-state index is 13.7. The van der Waals surface area contributed by atoms with Gasteiger partial charge in [-0.2, -0.15) is 0 Å². The highest BCUT2D eigenvalue weighted by Gasteiger charge is 2.51. The minimum absolute atomic E-state index is 0.0685. The summed E-state index contributed by atoms with van der Waals surface area (Å²) in [5.74, 6) is -1.09. The van der Waals surface area contributed by atoms with E-state index in [2.05, 4.69) is 4.98 Å². The van der Waals surface area contributed by atoms with Crippen LogP contribution >= 0.6 is 0 Å². The lowest BCUT2D eigenvalue weighted by molar-refractivity contribution is -0.146. The molecule has 4 rings (SSSR count). The summed E-state index contributed by atoms with van der Waals surface area (Å²) in [7, 11) is 0. The molecule has 1 amide bonds. The molecule has 2 aromatic carbocycles. The number of nitrogens with one attached hydrogen (secondary N) is 1. The summed E-state index contributed by atoms with van der Waals surface area (Å²) < 4.78 is 53.6. The first-order valence-corrected chi connectivity index (χ1v) is 9.72. The summed E-state index contributed by atoms with van der Waals surface area (Å²) in [5, 5.41) is 10.9. The number of allylic oxidation sites excluding steroid dienone is 1. The van der Waals surface area contributed by atoms with Crippen LogP contribution in [0, 0.1) is 13.8 Å². The molecule has 5 nitrogen and oxygen atoms in total. The highest BCUT2D eigenvalue weighted by Crippen LogP contribution is 2.34. The Kier molecular flexibility index (Phi) is 5.37. The first-order chi connectivity index (χ1) is 15.1. The van der Waals surface area contributed by atoms with Crippen LogP contribution in [0.15, 0.2) is 60.3 Å². The highest BCUT2D eigenvalue weighted by molar-refractivity contribution is 6.07. The smallest absolute Gasteiger partial charge is 0.291 e. The quantitative estimate of drug-likeness (QED) is 0.577. The van der Waals surface area contributed by atoms with E-state index in [4.69, 9.17) is 0 Å². The molecule has 0 radical (unpaired) electrons. The van der Waals surface area contributed by atoms with Crippen LogP contribution in [0.5, 0.6) is 0 Å². The minimum Gasteiger partial charge on any atom is -0.361 e. The van der Waals surface area contributed by atoms with Crippen molar-refractivity contribution in [3.05, 3.63) is 77.0 Å². The number of hydrazine groups is 1. The molecule has 0 bridgehead atoms. The normalized spacial score (nSPS) is 18.4. The monoisotopic (exact) mass is 445 g/mol. The molecule has 3 aromatic rings. The van der Waals surface area contributed by atoms with Crippen molar-refractivity contribution in [3.63, 3.8) is 0 Å². The number of aliphatic hydroxyl groups is 1. The first-order valence-electron chi connectivity index (χ1n) is 9.72. The molecule has 0 saturated heterocycles. The molecule has 1 aliphatic rings. The van der Waals surface area contributed by atoms with E-state index in [0.29, 0.717) is 16.6 Å². The Labute approximate surface area is 181 Å². The number of rotatable bonds is 4. The fraction of sp³-hybridized carbons (Fsp3) is 0.217. The van der Waals surface area contributed by atoms with Gasteiger partial charge in [0.1, 0.15) is 0 Å². The number of fused-ring (bicyclic) bond motifs is 1. The number of aromatic nitrogens is 1. The zero-order valence-electron chi connectivity index (χ0n) is 17.1. The lowest BCUT2D eigenvalue weighted by Crippen LogP contribution is -2.56. The molecular weight excluding hydrogens is 426 g/mol. The molecule has 1 atom stereocenters. The van der Waals surface area contributed by atoms with Gasteiger partial charge in [-0.1, -0.05) is 42.0 Å². The van der Waals surface area contributed by atoms with Crippen molar-refractivity contribution < 1.29 is 27.5 Å². The maximum atomic E-state index is 13.7. The molecule has 0 fully saturated rings. The number of hydrogen-bond donors (Lipinski definition) is 2. The Bertz CT molecular complexity index is 1250. The van der Waals surface area contributed by atoms with Crippen LogP contribution in [0.4, 0.5) is 17.6 Å². The third-order valence-electron chi connectivity index (χ3n) is 5.33. The van der Waals surface area contributed by atoms with Gasteiger partial charge in [0.15, 0.2) is 0 Å². The van der Waals surface area contributed by atoms with Crippen molar-refractivity contribution in [2.75, 3.05) is 0 Å². The van der Waals surface area contributed by atoms with Crippen molar-refractivity contribution in [1.29, 1.82) is 0 Å². The second kappa shape index (κ2) is 7.90. The summed E-state index contributed by atoms with van der Waals surface area (Å²) in [5.41, 5.74) is 1.13. The van der Waals surface area contributed by atoms with Gasteiger partial charge in [-0.05, 0) is 31.5 Å². The standard InChI is InChI=1S/C23H19F4N3O2/c1-12-7-8-14(13(2)9-12)18-10-16(15-5-3-4-6-17(15)28-18)21(31)30-23(32,22(26)27)11-19(29-30)20(24)25/h3-11,20,22,29,32H,1-2H3. The maximum Gasteiger partial charge on any atom is 0.291 e. The third-order valence-corrected chi connectivity index (χ3v) is 5.33. The Hall–Kier alpha value is -3.46. The summed E-state index contributed by atoms with van der Waals surface area (Å²) in [6.45, 7) is 3.80. The van der Waals surface area contributed by atoms with Crippen molar-refractivity contribution in [2.24, 2.45) is 0 Å². The SMILES string of the molecule is Cc1ccc(-c2cc(C(=O)N3NC(C(F)F)=CC3(O)C(F)F)c3ccccc3n2)c(C)c1. The number of alkyl halides is 4. The van der Waals surface area contributed by atoms with E-state index in [-0.39, 0.29) is 16.6 Å². The number of halogens is 4. The van der Waals surface area contributed by atoms with E-state index >= 15 is 0 Å².